The first-order chi connectivity index (χ1) is 9.04. The summed E-state index contributed by atoms with van der Waals surface area (Å²) in [7, 11) is 0. The molecule has 19 heavy (non-hydrogen) atoms. The summed E-state index contributed by atoms with van der Waals surface area (Å²) in [6.45, 7) is 7.33. The topological polar surface area (TPSA) is 12.0 Å². The van der Waals surface area contributed by atoms with Gasteiger partial charge in [0.05, 0.1) is 0 Å². The first-order valence-electron chi connectivity index (χ1n) is 6.60. The minimum absolute atomic E-state index is 0.318. The van der Waals surface area contributed by atoms with Gasteiger partial charge < -0.3 is 5.32 Å². The SMILES string of the molecule is Cc1cc(C)cc(CNC(C)c2ccc(Cl)cc2)c1. The molecule has 0 saturated carbocycles. The Labute approximate surface area is 120 Å². The fraction of sp³-hybridized carbons (Fsp3) is 0.294. The standard InChI is InChI=1S/C17H20ClN/c1-12-8-13(2)10-15(9-12)11-19-14(3)16-4-6-17(18)7-5-16/h4-10,14,19H,11H2,1-3H3. The monoisotopic (exact) mass is 273 g/mol. The van der Waals surface area contributed by atoms with Crippen LogP contribution in [0.5, 0.6) is 0 Å². The lowest BCUT2D eigenvalue weighted by atomic mass is 10.1. The molecule has 1 unspecified atom stereocenters. The van der Waals surface area contributed by atoms with Crippen LogP contribution in [0.3, 0.4) is 0 Å². The first-order valence-corrected chi connectivity index (χ1v) is 6.98. The van der Waals surface area contributed by atoms with Gasteiger partial charge in [0.1, 0.15) is 0 Å². The Morgan fingerprint density at radius 3 is 2.16 bits per heavy atom. The molecule has 0 radical (unpaired) electrons. The Morgan fingerprint density at radius 1 is 1.00 bits per heavy atom. The van der Waals surface area contributed by atoms with Gasteiger partial charge in [0.25, 0.3) is 0 Å². The summed E-state index contributed by atoms with van der Waals surface area (Å²) in [5.41, 5.74) is 5.22. The molecule has 2 aromatic rings. The minimum Gasteiger partial charge on any atom is -0.306 e. The second-order valence-electron chi connectivity index (χ2n) is 5.15. The molecule has 2 rings (SSSR count). The van der Waals surface area contributed by atoms with E-state index in [0.717, 1.165) is 11.6 Å². The summed E-state index contributed by atoms with van der Waals surface area (Å²) in [4.78, 5) is 0. The maximum absolute atomic E-state index is 5.90. The highest BCUT2D eigenvalue weighted by Crippen LogP contribution is 2.17. The van der Waals surface area contributed by atoms with Crippen molar-refractivity contribution < 1.29 is 0 Å². The zero-order chi connectivity index (χ0) is 13.8. The quantitative estimate of drug-likeness (QED) is 0.843. The number of hydrogen-bond donors (Lipinski definition) is 1. The molecule has 2 aromatic carbocycles. The van der Waals surface area contributed by atoms with Crippen LogP contribution < -0.4 is 5.32 Å². The molecule has 0 fully saturated rings. The smallest absolute Gasteiger partial charge is 0.0406 e. The van der Waals surface area contributed by atoms with E-state index in [-0.39, 0.29) is 0 Å². The summed E-state index contributed by atoms with van der Waals surface area (Å²) in [6, 6.07) is 15.0. The highest BCUT2D eigenvalue weighted by atomic mass is 35.5. The molecule has 0 aliphatic carbocycles. The van der Waals surface area contributed by atoms with Crippen LogP contribution in [0, 0.1) is 13.8 Å². The molecule has 2 heteroatoms. The van der Waals surface area contributed by atoms with Crippen LogP contribution in [0.25, 0.3) is 0 Å². The summed E-state index contributed by atoms with van der Waals surface area (Å²) < 4.78 is 0. The van der Waals surface area contributed by atoms with E-state index in [4.69, 9.17) is 11.6 Å². The van der Waals surface area contributed by atoms with Crippen molar-refractivity contribution in [2.24, 2.45) is 0 Å². The average molecular weight is 274 g/mol. The number of benzene rings is 2. The normalized spacial score (nSPS) is 12.4. The molecule has 0 aliphatic rings. The zero-order valence-electron chi connectivity index (χ0n) is 11.7. The van der Waals surface area contributed by atoms with Crippen molar-refractivity contribution in [1.82, 2.24) is 5.32 Å². The van der Waals surface area contributed by atoms with Crippen molar-refractivity contribution in [2.75, 3.05) is 0 Å². The van der Waals surface area contributed by atoms with E-state index >= 15 is 0 Å². The molecule has 0 saturated heterocycles. The molecular formula is C17H20ClN. The third kappa shape index (κ3) is 4.09. The Kier molecular flexibility index (Phi) is 4.62. The summed E-state index contributed by atoms with van der Waals surface area (Å²) in [5, 5.41) is 4.33. The van der Waals surface area contributed by atoms with Gasteiger partial charge in [-0.1, -0.05) is 53.1 Å². The zero-order valence-corrected chi connectivity index (χ0v) is 12.5. The highest BCUT2D eigenvalue weighted by Gasteiger charge is 2.05. The van der Waals surface area contributed by atoms with E-state index < -0.39 is 0 Å². The van der Waals surface area contributed by atoms with E-state index in [1.807, 2.05) is 12.1 Å². The van der Waals surface area contributed by atoms with Crippen molar-refractivity contribution in [3.63, 3.8) is 0 Å². The van der Waals surface area contributed by atoms with Gasteiger partial charge in [-0.15, -0.1) is 0 Å². The summed E-state index contributed by atoms with van der Waals surface area (Å²) in [6.07, 6.45) is 0. The Bertz CT molecular complexity index is 525. The van der Waals surface area contributed by atoms with E-state index in [1.54, 1.807) is 0 Å². The van der Waals surface area contributed by atoms with Crippen LogP contribution in [-0.4, -0.2) is 0 Å². The van der Waals surface area contributed by atoms with E-state index in [0.29, 0.717) is 6.04 Å². The Hall–Kier alpha value is -1.31. The lowest BCUT2D eigenvalue weighted by Crippen LogP contribution is -2.18. The lowest BCUT2D eigenvalue weighted by molar-refractivity contribution is 0.574. The molecule has 1 atom stereocenters. The number of rotatable bonds is 4. The maximum Gasteiger partial charge on any atom is 0.0406 e. The van der Waals surface area contributed by atoms with Crippen molar-refractivity contribution in [3.8, 4) is 0 Å². The van der Waals surface area contributed by atoms with Crippen LogP contribution in [0.15, 0.2) is 42.5 Å². The summed E-state index contributed by atoms with van der Waals surface area (Å²) in [5.74, 6) is 0. The Morgan fingerprint density at radius 2 is 1.58 bits per heavy atom. The summed E-state index contributed by atoms with van der Waals surface area (Å²) >= 11 is 5.90. The van der Waals surface area contributed by atoms with Gasteiger partial charge in [0.15, 0.2) is 0 Å². The van der Waals surface area contributed by atoms with Crippen molar-refractivity contribution in [3.05, 3.63) is 69.7 Å². The molecule has 0 aromatic heterocycles. The molecule has 1 nitrogen and oxygen atoms in total. The van der Waals surface area contributed by atoms with Gasteiger partial charge in [-0.2, -0.15) is 0 Å². The molecular weight excluding hydrogens is 254 g/mol. The van der Waals surface area contributed by atoms with E-state index in [2.05, 4.69) is 56.4 Å². The average Bonchev–Trinajstić information content (AvgIpc) is 2.36. The minimum atomic E-state index is 0.318. The van der Waals surface area contributed by atoms with Crippen molar-refractivity contribution >= 4 is 11.6 Å². The fourth-order valence-electron chi connectivity index (χ4n) is 2.31. The lowest BCUT2D eigenvalue weighted by Gasteiger charge is -2.15. The second-order valence-corrected chi connectivity index (χ2v) is 5.59. The van der Waals surface area contributed by atoms with Crippen LogP contribution in [0.4, 0.5) is 0 Å². The fourth-order valence-corrected chi connectivity index (χ4v) is 2.44. The molecule has 0 amide bonds. The van der Waals surface area contributed by atoms with Gasteiger partial charge in [0.2, 0.25) is 0 Å². The predicted octanol–water partition coefficient (Wildman–Crippen LogP) is 4.81. The van der Waals surface area contributed by atoms with Crippen LogP contribution in [0.2, 0.25) is 5.02 Å². The van der Waals surface area contributed by atoms with Crippen molar-refractivity contribution in [2.45, 2.75) is 33.4 Å². The number of aryl methyl sites for hydroxylation is 2. The third-order valence-electron chi connectivity index (χ3n) is 3.26. The number of halogens is 1. The largest absolute Gasteiger partial charge is 0.306 e. The number of nitrogens with one attached hydrogen (secondary N) is 1. The molecule has 0 heterocycles. The number of hydrogen-bond acceptors (Lipinski definition) is 1. The van der Waals surface area contributed by atoms with Gasteiger partial charge in [0, 0.05) is 17.6 Å². The van der Waals surface area contributed by atoms with Crippen molar-refractivity contribution in [1.29, 1.82) is 0 Å². The van der Waals surface area contributed by atoms with E-state index in [1.165, 1.54) is 22.3 Å². The van der Waals surface area contributed by atoms with Gasteiger partial charge >= 0.3 is 0 Å². The van der Waals surface area contributed by atoms with Crippen LogP contribution >= 0.6 is 11.6 Å². The maximum atomic E-state index is 5.90. The molecule has 100 valence electrons. The molecule has 1 N–H and O–H groups in total. The van der Waals surface area contributed by atoms with Crippen LogP contribution in [-0.2, 0) is 6.54 Å². The highest BCUT2D eigenvalue weighted by molar-refractivity contribution is 6.30. The predicted molar refractivity (Wildman–Crippen MR) is 82.6 cm³/mol. The molecule has 0 aliphatic heterocycles. The second kappa shape index (κ2) is 6.23. The molecule has 0 bridgehead atoms. The Balaban J connectivity index is 1.99. The molecule has 0 spiro atoms. The van der Waals surface area contributed by atoms with Crippen LogP contribution in [0.1, 0.15) is 35.2 Å². The van der Waals surface area contributed by atoms with Gasteiger partial charge in [-0.25, -0.2) is 0 Å². The van der Waals surface area contributed by atoms with Gasteiger partial charge in [-0.05, 0) is 44.0 Å². The third-order valence-corrected chi connectivity index (χ3v) is 3.52. The first kappa shape index (κ1) is 14.1. The van der Waals surface area contributed by atoms with Gasteiger partial charge in [-0.3, -0.25) is 0 Å². The van der Waals surface area contributed by atoms with E-state index in [9.17, 15) is 0 Å².